The Hall–Kier alpha value is -3.19. The summed E-state index contributed by atoms with van der Waals surface area (Å²) in [6.07, 6.45) is 1.50. The van der Waals surface area contributed by atoms with Crippen molar-refractivity contribution in [3.8, 4) is 17.2 Å². The number of aromatic amines is 1. The third kappa shape index (κ3) is 3.88. The Morgan fingerprint density at radius 3 is 2.25 bits per heavy atom. The lowest BCUT2D eigenvalue weighted by Crippen LogP contribution is -2.41. The average molecular weight is 438 g/mol. The normalized spacial score (nSPS) is 16.1. The number of hydrogen-bond donors (Lipinski definition) is 2. The second-order valence-electron chi connectivity index (χ2n) is 8.28. The largest absolute Gasteiger partial charge is 0.493 e. The van der Waals surface area contributed by atoms with Crippen molar-refractivity contribution in [3.05, 3.63) is 53.2 Å². The molecule has 0 bridgehead atoms. The van der Waals surface area contributed by atoms with Crippen LogP contribution in [-0.2, 0) is 4.79 Å². The number of amides is 1. The number of H-pyrrole nitrogens is 1. The van der Waals surface area contributed by atoms with Gasteiger partial charge in [-0.3, -0.25) is 9.69 Å². The Balaban J connectivity index is 1.87. The maximum atomic E-state index is 11.7. The maximum Gasteiger partial charge on any atom is 0.220 e. The number of nitrogens with one attached hydrogen (secondary N) is 1. The summed E-state index contributed by atoms with van der Waals surface area (Å²) in [6, 6.07) is 12.3. The number of likely N-dealkylation sites (tertiary alicyclic amines) is 1. The number of nitrogens with zero attached hydrogens (tertiary/aromatic N) is 1. The van der Waals surface area contributed by atoms with Gasteiger partial charge in [0.15, 0.2) is 11.5 Å². The smallest absolute Gasteiger partial charge is 0.220 e. The van der Waals surface area contributed by atoms with Crippen LogP contribution in [0.15, 0.2) is 36.4 Å². The third-order valence-corrected chi connectivity index (χ3v) is 6.52. The van der Waals surface area contributed by atoms with Crippen molar-refractivity contribution in [1.82, 2.24) is 9.88 Å². The first kappa shape index (κ1) is 22.0. The second-order valence-corrected chi connectivity index (χ2v) is 8.28. The number of aromatic nitrogens is 1. The van der Waals surface area contributed by atoms with Gasteiger partial charge in [0.25, 0.3) is 0 Å². The first-order valence-electron chi connectivity index (χ1n) is 10.9. The van der Waals surface area contributed by atoms with Gasteiger partial charge in [-0.1, -0.05) is 18.2 Å². The zero-order chi connectivity index (χ0) is 22.8. The van der Waals surface area contributed by atoms with Crippen molar-refractivity contribution >= 4 is 16.8 Å². The van der Waals surface area contributed by atoms with Crippen molar-refractivity contribution in [1.29, 1.82) is 0 Å². The fourth-order valence-corrected chi connectivity index (χ4v) is 4.91. The maximum absolute atomic E-state index is 11.7. The minimum atomic E-state index is -0.211. The molecule has 3 N–H and O–H groups in total. The highest BCUT2D eigenvalue weighted by atomic mass is 16.5. The van der Waals surface area contributed by atoms with Crippen LogP contribution in [0, 0.1) is 12.8 Å². The van der Waals surface area contributed by atoms with Gasteiger partial charge in [-0.2, -0.15) is 0 Å². The van der Waals surface area contributed by atoms with E-state index in [0.717, 1.165) is 42.7 Å². The SMILES string of the molecule is COc1cc(C(c2c(C)[nH]c3ccccc23)N2CCC(C(N)=O)CC2)cc(OC)c1OC. The van der Waals surface area contributed by atoms with Crippen LogP contribution < -0.4 is 19.9 Å². The van der Waals surface area contributed by atoms with Crippen LogP contribution in [0.3, 0.4) is 0 Å². The molecule has 1 aliphatic heterocycles. The first-order valence-corrected chi connectivity index (χ1v) is 10.9. The van der Waals surface area contributed by atoms with E-state index in [1.807, 2.05) is 18.2 Å². The quantitative estimate of drug-likeness (QED) is 0.587. The van der Waals surface area contributed by atoms with Gasteiger partial charge in [0, 0.05) is 28.1 Å². The molecule has 32 heavy (non-hydrogen) atoms. The van der Waals surface area contributed by atoms with E-state index in [0.29, 0.717) is 17.2 Å². The molecule has 7 nitrogen and oxygen atoms in total. The summed E-state index contributed by atoms with van der Waals surface area (Å²) in [5, 5.41) is 1.18. The van der Waals surface area contributed by atoms with Crippen LogP contribution in [0.2, 0.25) is 0 Å². The van der Waals surface area contributed by atoms with Gasteiger partial charge >= 0.3 is 0 Å². The molecule has 4 rings (SSSR count). The Morgan fingerprint density at radius 2 is 1.69 bits per heavy atom. The number of piperidine rings is 1. The predicted octanol–water partition coefficient (Wildman–Crippen LogP) is 3.79. The highest BCUT2D eigenvalue weighted by Gasteiger charge is 2.33. The van der Waals surface area contributed by atoms with Gasteiger partial charge in [-0.15, -0.1) is 0 Å². The van der Waals surface area contributed by atoms with E-state index in [2.05, 4.69) is 35.0 Å². The molecule has 1 unspecified atom stereocenters. The summed E-state index contributed by atoms with van der Waals surface area (Å²) < 4.78 is 16.8. The van der Waals surface area contributed by atoms with E-state index in [-0.39, 0.29) is 17.9 Å². The molecule has 1 aromatic heterocycles. The minimum absolute atomic E-state index is 0.0475. The lowest BCUT2D eigenvalue weighted by atomic mass is 9.89. The molecule has 1 saturated heterocycles. The molecule has 7 heteroatoms. The minimum Gasteiger partial charge on any atom is -0.493 e. The molecular weight excluding hydrogens is 406 g/mol. The molecule has 2 aromatic carbocycles. The molecule has 3 aromatic rings. The van der Waals surface area contributed by atoms with E-state index in [1.165, 1.54) is 10.9 Å². The van der Waals surface area contributed by atoms with Crippen molar-refractivity contribution < 1.29 is 19.0 Å². The number of para-hydroxylation sites is 1. The second kappa shape index (κ2) is 9.12. The zero-order valence-corrected chi connectivity index (χ0v) is 19.1. The van der Waals surface area contributed by atoms with Crippen LogP contribution in [0.4, 0.5) is 0 Å². The number of primary amides is 1. The molecule has 2 heterocycles. The fourth-order valence-electron chi connectivity index (χ4n) is 4.91. The molecule has 0 aliphatic carbocycles. The summed E-state index contributed by atoms with van der Waals surface area (Å²) in [7, 11) is 4.87. The molecule has 1 atom stereocenters. The number of fused-ring (bicyclic) bond motifs is 1. The number of benzene rings is 2. The highest BCUT2D eigenvalue weighted by molar-refractivity contribution is 5.85. The average Bonchev–Trinajstić information content (AvgIpc) is 3.14. The van der Waals surface area contributed by atoms with Crippen LogP contribution in [0.5, 0.6) is 17.2 Å². The van der Waals surface area contributed by atoms with Crippen molar-refractivity contribution in [2.45, 2.75) is 25.8 Å². The molecular formula is C25H31N3O4. The van der Waals surface area contributed by atoms with Gasteiger partial charge in [0.05, 0.1) is 27.4 Å². The lowest BCUT2D eigenvalue weighted by molar-refractivity contribution is -0.123. The van der Waals surface area contributed by atoms with Crippen molar-refractivity contribution in [3.63, 3.8) is 0 Å². The third-order valence-electron chi connectivity index (χ3n) is 6.52. The number of nitrogens with two attached hydrogens (primary N) is 1. The summed E-state index contributed by atoms with van der Waals surface area (Å²) in [5.74, 6) is 1.53. The predicted molar refractivity (Wildman–Crippen MR) is 124 cm³/mol. The van der Waals surface area contributed by atoms with Crippen LogP contribution in [0.1, 0.15) is 35.7 Å². The number of rotatable bonds is 7. The fraction of sp³-hybridized carbons (Fsp3) is 0.400. The van der Waals surface area contributed by atoms with E-state index < -0.39 is 0 Å². The summed E-state index contributed by atoms with van der Waals surface area (Å²) in [6.45, 7) is 3.65. The van der Waals surface area contributed by atoms with Crippen molar-refractivity contribution in [2.24, 2.45) is 11.7 Å². The Morgan fingerprint density at radius 1 is 1.06 bits per heavy atom. The molecule has 170 valence electrons. The summed E-state index contributed by atoms with van der Waals surface area (Å²) in [5.41, 5.74) is 10.1. The van der Waals surface area contributed by atoms with E-state index in [9.17, 15) is 4.79 Å². The van der Waals surface area contributed by atoms with Gasteiger partial charge < -0.3 is 24.9 Å². The van der Waals surface area contributed by atoms with Crippen LogP contribution in [-0.4, -0.2) is 50.2 Å². The number of carbonyl (C=O) groups excluding carboxylic acids is 1. The van der Waals surface area contributed by atoms with Crippen LogP contribution >= 0.6 is 0 Å². The zero-order valence-electron chi connectivity index (χ0n) is 19.1. The molecule has 1 aliphatic rings. The highest BCUT2D eigenvalue weighted by Crippen LogP contribution is 2.44. The molecule has 1 amide bonds. The lowest BCUT2D eigenvalue weighted by Gasteiger charge is -2.37. The summed E-state index contributed by atoms with van der Waals surface area (Å²) >= 11 is 0. The number of methoxy groups -OCH3 is 3. The molecule has 0 spiro atoms. The first-order chi connectivity index (χ1) is 15.5. The van der Waals surface area contributed by atoms with Gasteiger partial charge in [0.1, 0.15) is 0 Å². The Labute approximate surface area is 188 Å². The molecule has 1 fully saturated rings. The van der Waals surface area contributed by atoms with E-state index >= 15 is 0 Å². The van der Waals surface area contributed by atoms with Gasteiger partial charge in [-0.25, -0.2) is 0 Å². The standard InChI is InChI=1S/C25H31N3O4/c1-15-22(18-7-5-6-8-19(18)27-15)23(28-11-9-16(10-12-28)25(26)29)17-13-20(30-2)24(32-4)21(14-17)31-3/h5-8,13-14,16,23,27H,9-12H2,1-4H3,(H2,26,29). The number of aryl methyl sites for hydroxylation is 1. The van der Waals surface area contributed by atoms with E-state index in [4.69, 9.17) is 19.9 Å². The van der Waals surface area contributed by atoms with E-state index in [1.54, 1.807) is 21.3 Å². The van der Waals surface area contributed by atoms with Gasteiger partial charge in [0.2, 0.25) is 11.7 Å². The molecule has 0 saturated carbocycles. The van der Waals surface area contributed by atoms with Crippen LogP contribution in [0.25, 0.3) is 10.9 Å². The summed E-state index contributed by atoms with van der Waals surface area (Å²) in [4.78, 5) is 17.7. The van der Waals surface area contributed by atoms with Gasteiger partial charge in [-0.05, 0) is 56.6 Å². The number of hydrogen-bond acceptors (Lipinski definition) is 5. The molecule has 0 radical (unpaired) electrons. The Kier molecular flexibility index (Phi) is 6.28. The monoisotopic (exact) mass is 437 g/mol. The Bertz CT molecular complexity index is 1090. The topological polar surface area (TPSA) is 89.8 Å². The van der Waals surface area contributed by atoms with Crippen molar-refractivity contribution in [2.75, 3.05) is 34.4 Å². The number of ether oxygens (including phenoxy) is 3. The number of carbonyl (C=O) groups is 1.